The first kappa shape index (κ1) is 21.9. The zero-order valence-corrected chi connectivity index (χ0v) is 18.0. The minimum absolute atomic E-state index is 0.177. The number of anilines is 1. The molecule has 0 bridgehead atoms. The number of fused-ring (bicyclic) bond motifs is 1. The third-order valence-electron chi connectivity index (χ3n) is 5.05. The van der Waals surface area contributed by atoms with Crippen molar-refractivity contribution < 1.29 is 23.9 Å². The van der Waals surface area contributed by atoms with Crippen LogP contribution in [0.1, 0.15) is 27.0 Å². The van der Waals surface area contributed by atoms with E-state index in [4.69, 9.17) is 9.47 Å². The lowest BCUT2D eigenvalue weighted by molar-refractivity contribution is -0.136. The molecule has 33 heavy (non-hydrogen) atoms. The summed E-state index contributed by atoms with van der Waals surface area (Å²) in [5, 5.41) is 7.93. The number of carbonyl (C=O) groups is 3. The molecule has 0 aliphatic carbocycles. The van der Waals surface area contributed by atoms with E-state index >= 15 is 0 Å². The fraction of sp³-hybridized carbons (Fsp3) is 0.160. The quantitative estimate of drug-likeness (QED) is 0.506. The highest BCUT2D eigenvalue weighted by Crippen LogP contribution is 2.32. The number of hydrogen-bond acceptors (Lipinski definition) is 5. The summed E-state index contributed by atoms with van der Waals surface area (Å²) in [6, 6.07) is 19.6. The van der Waals surface area contributed by atoms with Gasteiger partial charge in [-0.25, -0.2) is 0 Å². The molecule has 0 atom stereocenters. The topological polar surface area (TPSA) is 106 Å². The number of amides is 3. The SMILES string of the molecule is Cc1cccc(CNC(=O)C(=O)Nc2ccccc2C(=O)NCc2ccc3c(c2)OCO3)c1. The summed E-state index contributed by atoms with van der Waals surface area (Å²) < 4.78 is 10.6. The molecular formula is C25H23N3O5. The predicted octanol–water partition coefficient (Wildman–Crippen LogP) is 2.91. The largest absolute Gasteiger partial charge is 0.454 e. The van der Waals surface area contributed by atoms with Crippen molar-refractivity contribution in [2.24, 2.45) is 0 Å². The summed E-state index contributed by atoms with van der Waals surface area (Å²) in [5.41, 5.74) is 3.28. The fourth-order valence-electron chi connectivity index (χ4n) is 3.38. The van der Waals surface area contributed by atoms with Crippen molar-refractivity contribution in [2.75, 3.05) is 12.1 Å². The van der Waals surface area contributed by atoms with E-state index in [-0.39, 0.29) is 37.0 Å². The normalized spacial score (nSPS) is 11.5. The molecule has 3 N–H and O–H groups in total. The third kappa shape index (κ3) is 5.48. The summed E-state index contributed by atoms with van der Waals surface area (Å²) in [6.07, 6.45) is 0. The van der Waals surface area contributed by atoms with Gasteiger partial charge in [0.25, 0.3) is 5.91 Å². The van der Waals surface area contributed by atoms with Crippen molar-refractivity contribution in [1.82, 2.24) is 10.6 Å². The molecule has 8 heteroatoms. The highest BCUT2D eigenvalue weighted by molar-refractivity contribution is 6.40. The van der Waals surface area contributed by atoms with Crippen LogP contribution in [0.3, 0.4) is 0 Å². The maximum atomic E-state index is 12.7. The van der Waals surface area contributed by atoms with E-state index in [2.05, 4.69) is 16.0 Å². The number of para-hydroxylation sites is 1. The highest BCUT2D eigenvalue weighted by atomic mass is 16.7. The number of nitrogens with one attached hydrogen (secondary N) is 3. The molecule has 1 heterocycles. The number of benzene rings is 3. The Morgan fingerprint density at radius 2 is 1.55 bits per heavy atom. The van der Waals surface area contributed by atoms with Gasteiger partial charge in [0.2, 0.25) is 6.79 Å². The van der Waals surface area contributed by atoms with Gasteiger partial charge in [0.15, 0.2) is 11.5 Å². The zero-order chi connectivity index (χ0) is 23.2. The molecule has 0 radical (unpaired) electrons. The molecule has 3 aromatic rings. The van der Waals surface area contributed by atoms with Gasteiger partial charge in [-0.15, -0.1) is 0 Å². The van der Waals surface area contributed by atoms with Crippen LogP contribution in [-0.4, -0.2) is 24.5 Å². The lowest BCUT2D eigenvalue weighted by atomic mass is 10.1. The molecule has 3 amide bonds. The minimum Gasteiger partial charge on any atom is -0.454 e. The van der Waals surface area contributed by atoms with Crippen LogP contribution in [0.4, 0.5) is 5.69 Å². The van der Waals surface area contributed by atoms with E-state index in [0.29, 0.717) is 11.5 Å². The van der Waals surface area contributed by atoms with Crippen molar-refractivity contribution in [3.05, 3.63) is 89.0 Å². The van der Waals surface area contributed by atoms with Gasteiger partial charge in [0.1, 0.15) is 0 Å². The average Bonchev–Trinajstić information content (AvgIpc) is 3.29. The Morgan fingerprint density at radius 3 is 2.39 bits per heavy atom. The van der Waals surface area contributed by atoms with Gasteiger partial charge < -0.3 is 25.4 Å². The van der Waals surface area contributed by atoms with Crippen molar-refractivity contribution >= 4 is 23.4 Å². The monoisotopic (exact) mass is 445 g/mol. The standard InChI is InChI=1S/C25H23N3O5/c1-16-5-4-6-17(11-16)13-27-24(30)25(31)28-20-8-3-2-7-19(20)23(29)26-14-18-9-10-21-22(12-18)33-15-32-21/h2-12H,13-15H2,1H3,(H,26,29)(H,27,30)(H,28,31). The van der Waals surface area contributed by atoms with Crippen molar-refractivity contribution in [3.63, 3.8) is 0 Å². The molecule has 0 saturated heterocycles. The summed E-state index contributed by atoms with van der Waals surface area (Å²) in [4.78, 5) is 37.4. The predicted molar refractivity (Wildman–Crippen MR) is 122 cm³/mol. The second kappa shape index (κ2) is 9.86. The minimum atomic E-state index is -0.848. The first-order valence-corrected chi connectivity index (χ1v) is 10.4. The van der Waals surface area contributed by atoms with Gasteiger partial charge in [-0.2, -0.15) is 0 Å². The lowest BCUT2D eigenvalue weighted by Crippen LogP contribution is -2.35. The van der Waals surface area contributed by atoms with Crippen molar-refractivity contribution in [2.45, 2.75) is 20.0 Å². The number of ether oxygens (including phenoxy) is 2. The van der Waals surface area contributed by atoms with Crippen LogP contribution in [0.25, 0.3) is 0 Å². The smallest absolute Gasteiger partial charge is 0.313 e. The van der Waals surface area contributed by atoms with Crippen molar-refractivity contribution in [3.8, 4) is 11.5 Å². The average molecular weight is 445 g/mol. The molecule has 168 valence electrons. The highest BCUT2D eigenvalue weighted by Gasteiger charge is 2.18. The van der Waals surface area contributed by atoms with Crippen LogP contribution in [0, 0.1) is 6.92 Å². The molecule has 0 spiro atoms. The number of hydrogen-bond donors (Lipinski definition) is 3. The van der Waals surface area contributed by atoms with Gasteiger partial charge in [-0.1, -0.05) is 48.0 Å². The third-order valence-corrected chi connectivity index (χ3v) is 5.05. The molecule has 1 aliphatic rings. The van der Waals surface area contributed by atoms with Crippen LogP contribution < -0.4 is 25.4 Å². The fourth-order valence-corrected chi connectivity index (χ4v) is 3.38. The second-order valence-electron chi connectivity index (χ2n) is 7.54. The van der Waals surface area contributed by atoms with Crippen LogP contribution in [0.15, 0.2) is 66.7 Å². The van der Waals surface area contributed by atoms with E-state index < -0.39 is 11.8 Å². The molecule has 3 aromatic carbocycles. The summed E-state index contributed by atoms with van der Waals surface area (Å²) in [6.45, 7) is 2.61. The van der Waals surface area contributed by atoms with E-state index in [9.17, 15) is 14.4 Å². The molecule has 0 aromatic heterocycles. The summed E-state index contributed by atoms with van der Waals surface area (Å²) in [5.74, 6) is -0.723. The molecule has 0 fully saturated rings. The Labute approximate surface area is 190 Å². The Balaban J connectivity index is 1.35. The van der Waals surface area contributed by atoms with Crippen LogP contribution in [0.2, 0.25) is 0 Å². The van der Waals surface area contributed by atoms with E-state index in [1.807, 2.05) is 37.3 Å². The lowest BCUT2D eigenvalue weighted by Gasteiger charge is -2.12. The van der Waals surface area contributed by atoms with Crippen LogP contribution >= 0.6 is 0 Å². The second-order valence-corrected chi connectivity index (χ2v) is 7.54. The zero-order valence-electron chi connectivity index (χ0n) is 18.0. The molecule has 4 rings (SSSR count). The Kier molecular flexibility index (Phi) is 6.54. The molecule has 0 unspecified atom stereocenters. The molecule has 0 saturated carbocycles. The van der Waals surface area contributed by atoms with E-state index in [1.165, 1.54) is 0 Å². The Bertz CT molecular complexity index is 1210. The Morgan fingerprint density at radius 1 is 0.788 bits per heavy atom. The summed E-state index contributed by atoms with van der Waals surface area (Å²) >= 11 is 0. The van der Waals surface area contributed by atoms with Gasteiger partial charge in [0.05, 0.1) is 11.3 Å². The van der Waals surface area contributed by atoms with Crippen LogP contribution in [0.5, 0.6) is 11.5 Å². The maximum absolute atomic E-state index is 12.7. The number of rotatable bonds is 6. The number of carbonyl (C=O) groups excluding carboxylic acids is 3. The first-order chi connectivity index (χ1) is 16.0. The van der Waals surface area contributed by atoms with E-state index in [1.54, 1.807) is 36.4 Å². The van der Waals surface area contributed by atoms with Gasteiger partial charge in [-0.05, 0) is 42.3 Å². The molecular weight excluding hydrogens is 422 g/mol. The van der Waals surface area contributed by atoms with Gasteiger partial charge in [0, 0.05) is 13.1 Å². The van der Waals surface area contributed by atoms with E-state index in [0.717, 1.165) is 16.7 Å². The van der Waals surface area contributed by atoms with Gasteiger partial charge in [-0.3, -0.25) is 14.4 Å². The molecule has 1 aliphatic heterocycles. The maximum Gasteiger partial charge on any atom is 0.313 e. The summed E-state index contributed by atoms with van der Waals surface area (Å²) in [7, 11) is 0. The van der Waals surface area contributed by atoms with Crippen molar-refractivity contribution in [1.29, 1.82) is 0 Å². The van der Waals surface area contributed by atoms with Crippen LogP contribution in [-0.2, 0) is 22.7 Å². The Hall–Kier alpha value is -4.33. The first-order valence-electron chi connectivity index (χ1n) is 10.4. The van der Waals surface area contributed by atoms with Gasteiger partial charge >= 0.3 is 11.8 Å². The molecule has 8 nitrogen and oxygen atoms in total. The number of aryl methyl sites for hydroxylation is 1.